The molecule has 1 aromatic heterocycles. The van der Waals surface area contributed by atoms with E-state index in [-0.39, 0.29) is 5.82 Å². The lowest BCUT2D eigenvalue weighted by molar-refractivity contribution is 0.599. The third-order valence-corrected chi connectivity index (χ3v) is 7.05. The van der Waals surface area contributed by atoms with Crippen molar-refractivity contribution in [1.82, 2.24) is 9.78 Å². The van der Waals surface area contributed by atoms with E-state index in [1.807, 2.05) is 40.7 Å². The molecule has 1 heterocycles. The lowest BCUT2D eigenvalue weighted by atomic mass is 10.0. The summed E-state index contributed by atoms with van der Waals surface area (Å²) >= 11 is 0. The summed E-state index contributed by atoms with van der Waals surface area (Å²) in [5.41, 5.74) is 6.02. The molecule has 3 rings (SSSR count). The number of halogens is 1. The first-order valence-electron chi connectivity index (χ1n) is 9.40. The summed E-state index contributed by atoms with van der Waals surface area (Å²) in [6.45, 7) is 11.5. The summed E-state index contributed by atoms with van der Waals surface area (Å²) in [5.74, 6) is -0.297. The highest BCUT2D eigenvalue weighted by Crippen LogP contribution is 2.30. The molecule has 0 saturated carbocycles. The van der Waals surface area contributed by atoms with Crippen LogP contribution in [0.15, 0.2) is 35.2 Å². The number of rotatable bonds is 5. The molecule has 29 heavy (non-hydrogen) atoms. The Morgan fingerprint density at radius 1 is 0.966 bits per heavy atom. The molecule has 0 bridgehead atoms. The van der Waals surface area contributed by atoms with Crippen molar-refractivity contribution in [2.75, 3.05) is 4.72 Å². The Balaban J connectivity index is 1.99. The van der Waals surface area contributed by atoms with Crippen molar-refractivity contribution in [3.8, 4) is 0 Å². The fourth-order valence-corrected chi connectivity index (χ4v) is 5.32. The van der Waals surface area contributed by atoms with E-state index in [9.17, 15) is 12.8 Å². The molecule has 0 unspecified atom stereocenters. The number of hydrogen-bond donors (Lipinski definition) is 1. The molecule has 0 atom stereocenters. The number of benzene rings is 2. The zero-order valence-corrected chi connectivity index (χ0v) is 18.4. The first kappa shape index (κ1) is 21.0. The molecule has 2 aromatic carbocycles. The van der Waals surface area contributed by atoms with Crippen LogP contribution in [-0.2, 0) is 16.6 Å². The Bertz CT molecular complexity index is 1150. The Morgan fingerprint density at radius 3 is 2.07 bits per heavy atom. The molecule has 0 saturated heterocycles. The van der Waals surface area contributed by atoms with Gasteiger partial charge in [0.2, 0.25) is 0 Å². The Labute approximate surface area is 171 Å². The predicted octanol–water partition coefficient (Wildman–Crippen LogP) is 4.72. The van der Waals surface area contributed by atoms with Crippen molar-refractivity contribution in [2.24, 2.45) is 0 Å². The van der Waals surface area contributed by atoms with Crippen LogP contribution >= 0.6 is 0 Å². The van der Waals surface area contributed by atoms with Gasteiger partial charge in [0.25, 0.3) is 10.0 Å². The minimum absolute atomic E-state index is 0.297. The van der Waals surface area contributed by atoms with Crippen LogP contribution < -0.4 is 4.72 Å². The highest BCUT2D eigenvalue weighted by Gasteiger charge is 2.25. The summed E-state index contributed by atoms with van der Waals surface area (Å²) in [6, 6.07) is 8.18. The van der Waals surface area contributed by atoms with Gasteiger partial charge >= 0.3 is 0 Å². The van der Waals surface area contributed by atoms with Crippen molar-refractivity contribution < 1.29 is 12.8 Å². The summed E-state index contributed by atoms with van der Waals surface area (Å²) in [7, 11) is -3.78. The minimum Gasteiger partial charge on any atom is -0.276 e. The van der Waals surface area contributed by atoms with E-state index in [0.29, 0.717) is 28.5 Å². The van der Waals surface area contributed by atoms with Gasteiger partial charge in [-0.15, -0.1) is 0 Å². The van der Waals surface area contributed by atoms with Crippen LogP contribution in [0, 0.1) is 47.4 Å². The highest BCUT2D eigenvalue weighted by molar-refractivity contribution is 7.92. The van der Waals surface area contributed by atoms with Crippen molar-refractivity contribution in [3.63, 3.8) is 0 Å². The van der Waals surface area contributed by atoms with E-state index in [4.69, 9.17) is 0 Å². The van der Waals surface area contributed by atoms with Gasteiger partial charge in [-0.3, -0.25) is 9.40 Å². The second-order valence-corrected chi connectivity index (χ2v) is 9.14. The second kappa shape index (κ2) is 7.63. The number of hydrogen-bond acceptors (Lipinski definition) is 3. The second-order valence-electron chi connectivity index (χ2n) is 7.52. The third-order valence-electron chi connectivity index (χ3n) is 5.43. The topological polar surface area (TPSA) is 64.0 Å². The SMILES string of the molecule is Cc1cc(C)c(C)c(S(=O)(=O)Nc2c(C)nn(Cc3ccc(F)cc3)c2C)c1C. The number of aryl methyl sites for hydroxylation is 3. The summed E-state index contributed by atoms with van der Waals surface area (Å²) in [4.78, 5) is 0.320. The van der Waals surface area contributed by atoms with Crippen molar-refractivity contribution in [3.05, 3.63) is 75.4 Å². The molecule has 0 aliphatic carbocycles. The smallest absolute Gasteiger partial charge is 0.262 e. The number of nitrogens with zero attached hydrogens (tertiary/aromatic N) is 2. The molecule has 7 heteroatoms. The van der Waals surface area contributed by atoms with E-state index in [0.717, 1.165) is 27.8 Å². The average Bonchev–Trinajstić information content (AvgIpc) is 2.89. The lowest BCUT2D eigenvalue weighted by Crippen LogP contribution is -2.18. The summed E-state index contributed by atoms with van der Waals surface area (Å²) in [5, 5.41) is 4.48. The zero-order chi connectivity index (χ0) is 21.5. The van der Waals surface area contributed by atoms with Crippen LogP contribution in [0.2, 0.25) is 0 Å². The van der Waals surface area contributed by atoms with E-state index >= 15 is 0 Å². The third kappa shape index (κ3) is 4.05. The van der Waals surface area contributed by atoms with Gasteiger partial charge in [-0.25, -0.2) is 12.8 Å². The van der Waals surface area contributed by atoms with Crippen molar-refractivity contribution >= 4 is 15.7 Å². The van der Waals surface area contributed by atoms with Crippen LogP contribution in [0.25, 0.3) is 0 Å². The van der Waals surface area contributed by atoms with Crippen LogP contribution in [0.1, 0.15) is 39.2 Å². The number of anilines is 1. The first-order valence-corrected chi connectivity index (χ1v) is 10.9. The normalized spacial score (nSPS) is 11.7. The molecule has 0 radical (unpaired) electrons. The molecule has 3 aromatic rings. The van der Waals surface area contributed by atoms with Gasteiger partial charge in [-0.2, -0.15) is 5.10 Å². The number of sulfonamides is 1. The monoisotopic (exact) mass is 415 g/mol. The molecule has 154 valence electrons. The van der Waals surface area contributed by atoms with Gasteiger partial charge in [0.1, 0.15) is 5.82 Å². The van der Waals surface area contributed by atoms with Gasteiger partial charge < -0.3 is 0 Å². The van der Waals surface area contributed by atoms with E-state index in [1.54, 1.807) is 23.7 Å². The standard InChI is InChI=1S/C22H26FN3O2S/c1-13-11-14(2)16(4)22(15(13)3)29(27,28)25-21-17(5)24-26(18(21)6)12-19-7-9-20(23)10-8-19/h7-11,25H,12H2,1-6H3. The van der Waals surface area contributed by atoms with Crippen molar-refractivity contribution in [2.45, 2.75) is 53.0 Å². The number of nitrogens with one attached hydrogen (secondary N) is 1. The summed E-state index contributed by atoms with van der Waals surface area (Å²) in [6.07, 6.45) is 0. The largest absolute Gasteiger partial charge is 0.276 e. The predicted molar refractivity (Wildman–Crippen MR) is 113 cm³/mol. The van der Waals surface area contributed by atoms with Crippen LogP contribution in [0.5, 0.6) is 0 Å². The molecule has 5 nitrogen and oxygen atoms in total. The quantitative estimate of drug-likeness (QED) is 0.656. The molecule has 0 fully saturated rings. The van der Waals surface area contributed by atoms with Gasteiger partial charge in [-0.05, 0) is 81.5 Å². The molecular weight excluding hydrogens is 389 g/mol. The molecule has 0 aliphatic rings. The molecule has 0 spiro atoms. The average molecular weight is 416 g/mol. The maximum Gasteiger partial charge on any atom is 0.262 e. The van der Waals surface area contributed by atoms with Crippen molar-refractivity contribution in [1.29, 1.82) is 0 Å². The highest BCUT2D eigenvalue weighted by atomic mass is 32.2. The van der Waals surface area contributed by atoms with Crippen LogP contribution in [0.4, 0.5) is 10.1 Å². The van der Waals surface area contributed by atoms with Gasteiger partial charge in [0.05, 0.1) is 28.5 Å². The van der Waals surface area contributed by atoms with Crippen LogP contribution in [-0.4, -0.2) is 18.2 Å². The van der Waals surface area contributed by atoms with E-state index in [1.165, 1.54) is 12.1 Å². The van der Waals surface area contributed by atoms with Crippen LogP contribution in [0.3, 0.4) is 0 Å². The zero-order valence-electron chi connectivity index (χ0n) is 17.6. The Morgan fingerprint density at radius 2 is 1.52 bits per heavy atom. The molecule has 1 N–H and O–H groups in total. The Kier molecular flexibility index (Phi) is 5.54. The lowest BCUT2D eigenvalue weighted by Gasteiger charge is -2.17. The van der Waals surface area contributed by atoms with E-state index in [2.05, 4.69) is 9.82 Å². The fraction of sp³-hybridized carbons (Fsp3) is 0.318. The van der Waals surface area contributed by atoms with Gasteiger partial charge in [-0.1, -0.05) is 18.2 Å². The molecular formula is C22H26FN3O2S. The van der Waals surface area contributed by atoms with Gasteiger partial charge in [0, 0.05) is 0 Å². The molecule has 0 aliphatic heterocycles. The summed E-state index contributed by atoms with van der Waals surface area (Å²) < 4.78 is 44.2. The Hall–Kier alpha value is -2.67. The molecule has 0 amide bonds. The maximum atomic E-state index is 13.3. The van der Waals surface area contributed by atoms with E-state index < -0.39 is 10.0 Å². The first-order chi connectivity index (χ1) is 13.5. The minimum atomic E-state index is -3.78. The fourth-order valence-electron chi connectivity index (χ4n) is 3.53. The van der Waals surface area contributed by atoms with Gasteiger partial charge in [0.15, 0.2) is 0 Å². The number of aromatic nitrogens is 2. The maximum absolute atomic E-state index is 13.3.